The summed E-state index contributed by atoms with van der Waals surface area (Å²) in [5.41, 5.74) is 10.0. The molecule has 3 saturated heterocycles. The van der Waals surface area contributed by atoms with Gasteiger partial charge < -0.3 is 82.8 Å². The number of esters is 3. The first-order valence-corrected chi connectivity index (χ1v) is 52.5. The summed E-state index contributed by atoms with van der Waals surface area (Å²) in [6.07, 6.45) is 7.17. The number of aliphatic hydroxyl groups excluding tert-OH is 1. The van der Waals surface area contributed by atoms with E-state index in [-0.39, 0.29) is 76.4 Å². The molecule has 3 aromatic carbocycles. The molecule has 6 aromatic heterocycles. The molecule has 0 radical (unpaired) electrons. The van der Waals surface area contributed by atoms with Gasteiger partial charge in [-0.25, -0.2) is 59.2 Å². The van der Waals surface area contributed by atoms with Gasteiger partial charge in [-0.2, -0.15) is 5.26 Å². The molecule has 3 aliphatic rings. The van der Waals surface area contributed by atoms with Gasteiger partial charge in [-0.3, -0.25) is 22.8 Å². The van der Waals surface area contributed by atoms with E-state index in [9.17, 15) is 33.2 Å². The van der Waals surface area contributed by atoms with Gasteiger partial charge in [0.05, 0.1) is 86.5 Å². The summed E-state index contributed by atoms with van der Waals surface area (Å²) >= 11 is -3.29. The number of hydrogen-bond donors (Lipinski definition) is 7. The van der Waals surface area contributed by atoms with Crippen LogP contribution in [0.3, 0.4) is 0 Å². The number of nitriles is 1. The molecule has 3 fully saturated rings. The fourth-order valence-corrected chi connectivity index (χ4v) is 13.4. The summed E-state index contributed by atoms with van der Waals surface area (Å²) in [6, 6.07) is 27.4. The van der Waals surface area contributed by atoms with E-state index in [2.05, 4.69) is 60.5 Å². The van der Waals surface area contributed by atoms with Crippen LogP contribution in [-0.4, -0.2) is 189 Å². The number of ether oxygens (including phenoxy) is 6. The van der Waals surface area contributed by atoms with Crippen LogP contribution in [0.2, 0.25) is 0 Å². The molecule has 43 heteroatoms. The Kier molecular flexibility index (Phi) is 44.7. The number of anilines is 3. The Morgan fingerprint density at radius 2 is 0.956 bits per heavy atom. The molecule has 9 heterocycles. The number of aromatic nitrogens is 12. The van der Waals surface area contributed by atoms with Gasteiger partial charge in [-0.15, -0.1) is 0 Å². The predicted molar refractivity (Wildman–Crippen MR) is 441 cm³/mol. The van der Waals surface area contributed by atoms with Crippen LogP contribution in [-0.2, 0) is 60.2 Å². The molecular formula is C71H99Cl4N16O19P3Sn. The van der Waals surface area contributed by atoms with Crippen molar-refractivity contribution in [2.24, 2.45) is 0 Å². The quantitative estimate of drug-likeness (QED) is 0.0128. The SMILES string of the molecule is C.C.C.C.C.CC#N.CCOP(=O)(/C=C/[C@@H]1C[C@@H](OC(=O)c2ccccc2)C(OC(=O)c2ccccc2)O1)OCC.CCOP(=O)(/C=C/[C@@H]1C[C@@H](OC(=O)c2ccccc2)[C@H](n2cnc3c(NC)ncnc32)O1)OCC.CNc1ncnc2c1ncn2[C@@H]1O[C@H](/C=C/P(=O)(O)O)C[C@H]1O.Nc1ncnc2nc[nH]c12.[Cl][Sn]([Cl])([Cl])[Cl]. The van der Waals surface area contributed by atoms with Crippen LogP contribution in [0.15, 0.2) is 165 Å². The van der Waals surface area contributed by atoms with Gasteiger partial charge in [0, 0.05) is 57.7 Å². The summed E-state index contributed by atoms with van der Waals surface area (Å²) in [5, 5.41) is 23.4. The topological polar surface area (TPSA) is 471 Å². The van der Waals surface area contributed by atoms with Crippen molar-refractivity contribution in [3.63, 3.8) is 0 Å². The first-order chi connectivity index (χ1) is 52.1. The van der Waals surface area contributed by atoms with Gasteiger partial charge in [0.25, 0.3) is 0 Å². The van der Waals surface area contributed by atoms with Crippen LogP contribution in [0.25, 0.3) is 33.5 Å². The molecule has 0 saturated carbocycles. The van der Waals surface area contributed by atoms with E-state index in [0.717, 1.165) is 5.82 Å². The van der Waals surface area contributed by atoms with E-state index < -0.39 is 110 Å². The average molecular weight is 1830 g/mol. The van der Waals surface area contributed by atoms with Crippen molar-refractivity contribution in [3.05, 3.63) is 181 Å². The molecule has 114 heavy (non-hydrogen) atoms. The zero-order chi connectivity index (χ0) is 79.3. The molecular weight excluding hydrogens is 1730 g/mol. The number of H-pyrrole nitrogens is 1. The van der Waals surface area contributed by atoms with Gasteiger partial charge in [-0.05, 0) is 82.3 Å². The van der Waals surface area contributed by atoms with Crippen molar-refractivity contribution in [3.8, 4) is 6.07 Å². The van der Waals surface area contributed by atoms with Crippen molar-refractivity contribution in [2.45, 2.75) is 146 Å². The Morgan fingerprint density at radius 1 is 0.579 bits per heavy atom. The van der Waals surface area contributed by atoms with Crippen molar-refractivity contribution in [2.75, 3.05) is 56.9 Å². The fraction of sp³-hybridized carbons (Fsp3) is 0.394. The van der Waals surface area contributed by atoms with Gasteiger partial charge in [0.1, 0.15) is 41.6 Å². The number of carbonyl (C=O) groups is 3. The van der Waals surface area contributed by atoms with Gasteiger partial charge in [-0.1, -0.05) is 91.7 Å². The Hall–Kier alpha value is -7.92. The fourth-order valence-electron chi connectivity index (χ4n) is 10.3. The second-order valence-electron chi connectivity index (χ2n) is 22.3. The number of fused-ring (bicyclic) bond motifs is 3. The number of hydrogen-bond acceptors (Lipinski definition) is 30. The molecule has 3 aliphatic heterocycles. The summed E-state index contributed by atoms with van der Waals surface area (Å²) in [4.78, 5) is 95.4. The molecule has 0 amide bonds. The Bertz CT molecular complexity index is 4620. The minimum absolute atomic E-state index is 0. The third-order valence-electron chi connectivity index (χ3n) is 14.7. The molecule has 35 nitrogen and oxygen atoms in total. The number of nitrogens with one attached hydrogen (secondary N) is 3. The third-order valence-corrected chi connectivity index (χ3v) is 18.9. The molecule has 9 atom stereocenters. The zero-order valence-corrected chi connectivity index (χ0v) is 68.0. The number of aliphatic hydroxyl groups is 1. The standard InChI is InChI=1S/C24H27O8P.C23H28N5O6P.C12H16N5O5P.C5H5N5.C2H3N.5CH4.4ClH.Sn/c1-3-28-33(27,29-4-2)16-15-20-17-21(31-22(25)18-11-7-5-8-12-18)24(30-20)32-23(26)19-13-9-6-10-14-19;1-4-31-35(30,32-5-2)12-11-17-13-18(34-23(29)16-9-7-6-8-10-16)22(33-17)28-15-27-19-20(24-3)25-14-26-21(19)28;1-13-10-9-11(15-5-14-10)17(6-16-9)12-8(18)4-7(22-12)2-3-23(19,20)21;6-4-3-5(9-1-7-3)10-2-8-4;1-2-3;;;;;;;;;;/h5-16,20-21,24H,3-4,17H2,1-2H3;6-12,14-15,17-18,22H,4-5,13H2,1-3H3,(H,24,25,26);2-3,5-8,12,18H,4H2,1H3,(H,13,14,15)(H2,19,20,21);1-2H,(H3,6,7,8,9,10);1H3;5*1H4;4*1H;/q;;;;;;;;;;;;;;+4/p-4/b16-15+;12-11+;3-2+;;;;;;;;;;;;/t20-,21-,24?;17-,18-,22-;7-,8-,12-;;;;;;;;;;;;/m111............/s1. The summed E-state index contributed by atoms with van der Waals surface area (Å²) in [7, 11) is 12.5. The van der Waals surface area contributed by atoms with E-state index in [1.807, 2.05) is 6.07 Å². The maximum atomic E-state index is 12.9. The average Bonchev–Trinajstić information content (AvgIpc) is 1.63. The number of aromatic amines is 1. The van der Waals surface area contributed by atoms with E-state index in [1.54, 1.807) is 154 Å². The molecule has 12 rings (SSSR count). The van der Waals surface area contributed by atoms with E-state index >= 15 is 0 Å². The first kappa shape index (κ1) is 102. The minimum atomic E-state index is -4.26. The normalized spacial score (nSPS) is 18.9. The zero-order valence-electron chi connectivity index (χ0n) is 59.4. The van der Waals surface area contributed by atoms with Crippen molar-refractivity contribution < 1.29 is 89.5 Å². The van der Waals surface area contributed by atoms with E-state index in [1.165, 1.54) is 62.3 Å². The molecule has 0 aliphatic carbocycles. The number of nitrogens with zero attached hydrogens (tertiary/aromatic N) is 12. The van der Waals surface area contributed by atoms with Crippen LogP contribution in [0.1, 0.15) is 135 Å². The van der Waals surface area contributed by atoms with Crippen molar-refractivity contribution in [1.29, 1.82) is 5.26 Å². The van der Waals surface area contributed by atoms with Crippen LogP contribution >= 0.6 is 58.5 Å². The maximum absolute atomic E-state index is 12.9. The van der Waals surface area contributed by atoms with Crippen LogP contribution in [0, 0.1) is 11.3 Å². The second kappa shape index (κ2) is 49.9. The number of benzene rings is 3. The second-order valence-corrected chi connectivity index (χ2v) is 53.0. The molecule has 0 spiro atoms. The number of halogens is 4. The number of imidazole rings is 3. The Labute approximate surface area is 681 Å². The van der Waals surface area contributed by atoms with Crippen LogP contribution < -0.4 is 16.4 Å². The summed E-state index contributed by atoms with van der Waals surface area (Å²) < 4.78 is 95.5. The predicted octanol–water partition coefficient (Wildman–Crippen LogP) is 15.4. The molecule has 9 aromatic rings. The summed E-state index contributed by atoms with van der Waals surface area (Å²) in [6.45, 7) is 9.23. The molecule has 0 bridgehead atoms. The van der Waals surface area contributed by atoms with E-state index in [4.69, 9.17) is 103 Å². The molecule has 1 unspecified atom stereocenters. The Balaban J connectivity index is 0.000000517. The first-order valence-electron chi connectivity index (χ1n) is 33.1. The van der Waals surface area contributed by atoms with Gasteiger partial charge in [0.15, 0.2) is 59.1 Å². The molecule has 624 valence electrons. The number of nitrogen functional groups attached to an aromatic ring is 1. The molecule has 8 N–H and O–H groups in total. The number of nitrogens with two attached hydrogens (primary N) is 1. The third kappa shape index (κ3) is 31.3. The number of carbonyl (C=O) groups excluding carboxylic acids is 3. The van der Waals surface area contributed by atoms with Crippen LogP contribution in [0.5, 0.6) is 0 Å². The van der Waals surface area contributed by atoms with E-state index in [0.29, 0.717) is 74.1 Å². The summed E-state index contributed by atoms with van der Waals surface area (Å²) in [5.74, 6) is 3.40. The van der Waals surface area contributed by atoms with Gasteiger partial charge >= 0.3 is 90.3 Å². The van der Waals surface area contributed by atoms with Crippen molar-refractivity contribution >= 4 is 141 Å². The number of rotatable bonds is 24. The van der Waals surface area contributed by atoms with Crippen LogP contribution in [0.4, 0.5) is 17.5 Å². The monoisotopic (exact) mass is 1830 g/mol. The van der Waals surface area contributed by atoms with Crippen molar-refractivity contribution in [1.82, 2.24) is 59.0 Å². The Morgan fingerprint density at radius 3 is 1.38 bits per heavy atom. The van der Waals surface area contributed by atoms with Gasteiger partial charge in [0.2, 0.25) is 6.29 Å².